The molecular formula is C13H17Cl2N3O2. The molecule has 0 aliphatic rings. The Bertz CT molecular complexity index is 520. The fourth-order valence-corrected chi connectivity index (χ4v) is 2.10. The van der Waals surface area contributed by atoms with E-state index in [9.17, 15) is 4.79 Å². The maximum absolute atomic E-state index is 12.4. The molecule has 1 rings (SSSR count). The van der Waals surface area contributed by atoms with Gasteiger partial charge in [-0.2, -0.15) is 0 Å². The topological polar surface area (TPSA) is 78.9 Å². The van der Waals surface area contributed by atoms with E-state index in [0.29, 0.717) is 23.7 Å². The summed E-state index contributed by atoms with van der Waals surface area (Å²) < 4.78 is 0. The summed E-state index contributed by atoms with van der Waals surface area (Å²) in [6.07, 6.45) is 0. The minimum Gasteiger partial charge on any atom is -0.409 e. The number of carbonyl (C=O) groups is 1. The van der Waals surface area contributed by atoms with Gasteiger partial charge in [-0.15, -0.1) is 0 Å². The van der Waals surface area contributed by atoms with Gasteiger partial charge >= 0.3 is 0 Å². The van der Waals surface area contributed by atoms with E-state index in [4.69, 9.17) is 34.1 Å². The molecule has 0 radical (unpaired) electrons. The van der Waals surface area contributed by atoms with Crippen molar-refractivity contribution in [2.75, 3.05) is 13.1 Å². The van der Waals surface area contributed by atoms with E-state index in [0.717, 1.165) is 0 Å². The molecule has 0 fully saturated rings. The number of carbonyl (C=O) groups excluding carboxylic acids is 1. The van der Waals surface area contributed by atoms with Crippen molar-refractivity contribution in [3.8, 4) is 0 Å². The highest BCUT2D eigenvalue weighted by Gasteiger charge is 2.21. The maximum Gasteiger partial charge on any atom is 0.255 e. The van der Waals surface area contributed by atoms with Crippen molar-refractivity contribution in [1.29, 1.82) is 0 Å². The Morgan fingerprint density at radius 1 is 1.50 bits per heavy atom. The molecule has 0 saturated carbocycles. The van der Waals surface area contributed by atoms with Gasteiger partial charge in [-0.05, 0) is 19.1 Å². The molecule has 1 atom stereocenters. The maximum atomic E-state index is 12.4. The molecule has 0 aliphatic carbocycles. The van der Waals surface area contributed by atoms with Crippen molar-refractivity contribution in [3.63, 3.8) is 0 Å². The van der Waals surface area contributed by atoms with E-state index in [1.54, 1.807) is 30.0 Å². The van der Waals surface area contributed by atoms with Gasteiger partial charge in [0.15, 0.2) is 0 Å². The second kappa shape index (κ2) is 7.36. The molecule has 0 aromatic heterocycles. The molecule has 5 nitrogen and oxygen atoms in total. The third-order valence-electron chi connectivity index (χ3n) is 2.97. The molecule has 1 unspecified atom stereocenters. The second-order valence-corrected chi connectivity index (χ2v) is 5.16. The number of hydrogen-bond acceptors (Lipinski definition) is 3. The number of amides is 1. The molecule has 110 valence electrons. The zero-order chi connectivity index (χ0) is 15.3. The van der Waals surface area contributed by atoms with Gasteiger partial charge in [0.2, 0.25) is 0 Å². The lowest BCUT2D eigenvalue weighted by atomic mass is 10.1. The van der Waals surface area contributed by atoms with Crippen LogP contribution in [0, 0.1) is 5.92 Å². The lowest BCUT2D eigenvalue weighted by Gasteiger charge is -2.24. The predicted molar refractivity (Wildman–Crippen MR) is 80.6 cm³/mol. The van der Waals surface area contributed by atoms with Crippen LogP contribution in [0.25, 0.3) is 0 Å². The zero-order valence-corrected chi connectivity index (χ0v) is 12.8. The van der Waals surface area contributed by atoms with Gasteiger partial charge in [0.1, 0.15) is 5.84 Å². The van der Waals surface area contributed by atoms with Crippen LogP contribution in [0.15, 0.2) is 23.4 Å². The summed E-state index contributed by atoms with van der Waals surface area (Å²) in [5.74, 6) is -0.423. The largest absolute Gasteiger partial charge is 0.409 e. The Labute approximate surface area is 127 Å². The van der Waals surface area contributed by atoms with Gasteiger partial charge in [0.05, 0.1) is 15.6 Å². The molecule has 1 aromatic carbocycles. The average Bonchev–Trinajstić information content (AvgIpc) is 2.45. The summed E-state index contributed by atoms with van der Waals surface area (Å²) in [7, 11) is 0. The molecule has 0 heterocycles. The van der Waals surface area contributed by atoms with Crippen molar-refractivity contribution in [3.05, 3.63) is 33.8 Å². The molecule has 20 heavy (non-hydrogen) atoms. The quantitative estimate of drug-likeness (QED) is 0.379. The molecule has 7 heteroatoms. The lowest BCUT2D eigenvalue weighted by Crippen LogP contribution is -2.38. The Kier molecular flexibility index (Phi) is 6.10. The third kappa shape index (κ3) is 3.77. The van der Waals surface area contributed by atoms with Crippen molar-refractivity contribution in [1.82, 2.24) is 4.90 Å². The van der Waals surface area contributed by atoms with Crippen LogP contribution in [0.1, 0.15) is 24.2 Å². The van der Waals surface area contributed by atoms with E-state index in [1.807, 2.05) is 6.92 Å². The summed E-state index contributed by atoms with van der Waals surface area (Å²) in [6, 6.07) is 4.91. The average molecular weight is 318 g/mol. The van der Waals surface area contributed by atoms with Crippen molar-refractivity contribution < 1.29 is 10.0 Å². The first-order chi connectivity index (χ1) is 9.42. The highest BCUT2D eigenvalue weighted by atomic mass is 35.5. The van der Waals surface area contributed by atoms with Gasteiger partial charge in [0, 0.05) is 19.0 Å². The normalized spacial score (nSPS) is 13.1. The summed E-state index contributed by atoms with van der Waals surface area (Å²) in [5, 5.41) is 12.2. The number of halogens is 2. The number of amidine groups is 1. The van der Waals surface area contributed by atoms with Gasteiger partial charge in [-0.1, -0.05) is 41.3 Å². The molecule has 0 aliphatic heterocycles. The highest BCUT2D eigenvalue weighted by Crippen LogP contribution is 2.26. The number of oxime groups is 1. The fraction of sp³-hybridized carbons (Fsp3) is 0.385. The monoisotopic (exact) mass is 317 g/mol. The Balaban J connectivity index is 2.95. The summed E-state index contributed by atoms with van der Waals surface area (Å²) in [5.41, 5.74) is 5.87. The van der Waals surface area contributed by atoms with E-state index >= 15 is 0 Å². The van der Waals surface area contributed by atoms with Crippen LogP contribution in [0.4, 0.5) is 0 Å². The van der Waals surface area contributed by atoms with Crippen LogP contribution in [-0.4, -0.2) is 34.9 Å². The fourth-order valence-electron chi connectivity index (χ4n) is 1.72. The Morgan fingerprint density at radius 2 is 2.15 bits per heavy atom. The molecule has 0 spiro atoms. The van der Waals surface area contributed by atoms with Crippen LogP contribution < -0.4 is 5.73 Å². The lowest BCUT2D eigenvalue weighted by molar-refractivity contribution is 0.0754. The highest BCUT2D eigenvalue weighted by molar-refractivity contribution is 6.43. The smallest absolute Gasteiger partial charge is 0.255 e. The standard InChI is InChI=1S/C13H17Cl2N3O2/c1-3-18(7-8(2)12(16)17-20)13(19)9-5-4-6-10(14)11(9)15/h4-6,8,20H,3,7H2,1-2H3,(H2,16,17). The number of nitrogens with two attached hydrogens (primary N) is 1. The second-order valence-electron chi connectivity index (χ2n) is 4.37. The molecule has 3 N–H and O–H groups in total. The summed E-state index contributed by atoms with van der Waals surface area (Å²) in [4.78, 5) is 14.0. The first-order valence-electron chi connectivity index (χ1n) is 6.13. The minimum absolute atomic E-state index is 0.0773. The van der Waals surface area contributed by atoms with Crippen molar-refractivity contribution in [2.24, 2.45) is 16.8 Å². The Morgan fingerprint density at radius 3 is 2.70 bits per heavy atom. The van der Waals surface area contributed by atoms with E-state index in [2.05, 4.69) is 5.16 Å². The number of rotatable bonds is 5. The number of benzene rings is 1. The SMILES string of the molecule is CCN(CC(C)C(N)=NO)C(=O)c1cccc(Cl)c1Cl. The molecule has 1 aromatic rings. The number of hydrogen-bond donors (Lipinski definition) is 2. The van der Waals surface area contributed by atoms with Gasteiger partial charge < -0.3 is 15.8 Å². The van der Waals surface area contributed by atoms with Crippen molar-refractivity contribution in [2.45, 2.75) is 13.8 Å². The first-order valence-corrected chi connectivity index (χ1v) is 6.88. The molecular weight excluding hydrogens is 301 g/mol. The minimum atomic E-state index is -0.262. The van der Waals surface area contributed by atoms with Crippen molar-refractivity contribution >= 4 is 34.9 Å². The van der Waals surface area contributed by atoms with Crippen LogP contribution in [0.5, 0.6) is 0 Å². The van der Waals surface area contributed by atoms with Gasteiger partial charge in [0.25, 0.3) is 5.91 Å². The van der Waals surface area contributed by atoms with Crippen LogP contribution in [-0.2, 0) is 0 Å². The van der Waals surface area contributed by atoms with E-state index in [-0.39, 0.29) is 22.7 Å². The number of nitrogens with zero attached hydrogens (tertiary/aromatic N) is 2. The van der Waals surface area contributed by atoms with Crippen LogP contribution in [0.3, 0.4) is 0 Å². The molecule has 1 amide bonds. The third-order valence-corrected chi connectivity index (χ3v) is 3.78. The molecule has 0 saturated heterocycles. The van der Waals surface area contributed by atoms with Crippen LogP contribution in [0.2, 0.25) is 10.0 Å². The summed E-state index contributed by atoms with van der Waals surface area (Å²) >= 11 is 12.0. The van der Waals surface area contributed by atoms with E-state index in [1.165, 1.54) is 0 Å². The molecule has 0 bridgehead atoms. The predicted octanol–water partition coefficient (Wildman–Crippen LogP) is 2.84. The summed E-state index contributed by atoms with van der Waals surface area (Å²) in [6.45, 7) is 4.42. The van der Waals surface area contributed by atoms with Crippen LogP contribution >= 0.6 is 23.2 Å². The Hall–Kier alpha value is -1.46. The van der Waals surface area contributed by atoms with E-state index < -0.39 is 0 Å². The first kappa shape index (κ1) is 16.6. The zero-order valence-electron chi connectivity index (χ0n) is 11.3. The van der Waals surface area contributed by atoms with Gasteiger partial charge in [-0.25, -0.2) is 0 Å². The van der Waals surface area contributed by atoms with Gasteiger partial charge in [-0.3, -0.25) is 4.79 Å².